The van der Waals surface area contributed by atoms with E-state index in [0.29, 0.717) is 32.7 Å². The lowest BCUT2D eigenvalue weighted by atomic mass is 10.1. The van der Waals surface area contributed by atoms with Gasteiger partial charge < -0.3 is 15.0 Å². The van der Waals surface area contributed by atoms with Gasteiger partial charge in [-0.25, -0.2) is 0 Å². The van der Waals surface area contributed by atoms with Crippen molar-refractivity contribution >= 4 is 11.9 Å². The smallest absolute Gasteiger partial charge is 0.310 e. The minimum atomic E-state index is -0.193. The number of hydrogen-bond donors (Lipinski definition) is 1. The molecule has 5 heteroatoms. The molecule has 1 aromatic rings. The molecule has 0 aliphatic carbocycles. The minimum absolute atomic E-state index is 0.0804. The highest BCUT2D eigenvalue weighted by Crippen LogP contribution is 2.08. The van der Waals surface area contributed by atoms with Crippen molar-refractivity contribution in [1.82, 2.24) is 10.2 Å². The average molecular weight is 290 g/mol. The van der Waals surface area contributed by atoms with Crippen LogP contribution >= 0.6 is 0 Å². The molecule has 1 unspecified atom stereocenters. The molecule has 1 heterocycles. The first-order chi connectivity index (χ1) is 10.1. The van der Waals surface area contributed by atoms with Crippen LogP contribution in [0.1, 0.15) is 18.9 Å². The summed E-state index contributed by atoms with van der Waals surface area (Å²) in [6.45, 7) is 4.93. The Morgan fingerprint density at radius 3 is 2.86 bits per heavy atom. The molecule has 0 aromatic heterocycles. The second-order valence-electron chi connectivity index (χ2n) is 5.39. The van der Waals surface area contributed by atoms with Gasteiger partial charge in [0.05, 0.1) is 5.92 Å². The Hall–Kier alpha value is -1.88. The van der Waals surface area contributed by atoms with Crippen LogP contribution in [0.5, 0.6) is 0 Å². The first-order valence-electron chi connectivity index (χ1n) is 7.35. The summed E-state index contributed by atoms with van der Waals surface area (Å²) in [5.74, 6) is -0.305. The summed E-state index contributed by atoms with van der Waals surface area (Å²) in [4.78, 5) is 25.4. The maximum atomic E-state index is 12.0. The van der Waals surface area contributed by atoms with E-state index >= 15 is 0 Å². The molecule has 1 aromatic carbocycles. The lowest BCUT2D eigenvalue weighted by Gasteiger charge is -2.22. The molecule has 0 spiro atoms. The Balaban J connectivity index is 1.75. The molecule has 1 aliphatic heterocycles. The lowest BCUT2D eigenvalue weighted by molar-refractivity contribution is -0.149. The molecule has 0 radical (unpaired) electrons. The topological polar surface area (TPSA) is 58.6 Å². The molecule has 0 saturated carbocycles. The Bertz CT molecular complexity index is 476. The predicted octanol–water partition coefficient (Wildman–Crippen LogP) is 1.19. The van der Waals surface area contributed by atoms with Crippen LogP contribution in [0.2, 0.25) is 0 Å². The molecular weight excluding hydrogens is 268 g/mol. The molecule has 1 aliphatic rings. The molecule has 1 amide bonds. The fraction of sp³-hybridized carbons (Fsp3) is 0.500. The van der Waals surface area contributed by atoms with Crippen LogP contribution in [-0.4, -0.2) is 43.0 Å². The quantitative estimate of drug-likeness (QED) is 0.828. The van der Waals surface area contributed by atoms with E-state index in [2.05, 4.69) is 10.2 Å². The van der Waals surface area contributed by atoms with E-state index < -0.39 is 0 Å². The molecule has 2 rings (SSSR count). The van der Waals surface area contributed by atoms with Crippen molar-refractivity contribution in [3.63, 3.8) is 0 Å². The summed E-state index contributed by atoms with van der Waals surface area (Å²) in [6, 6.07) is 9.65. The van der Waals surface area contributed by atoms with Crippen molar-refractivity contribution in [2.24, 2.45) is 5.92 Å². The summed E-state index contributed by atoms with van der Waals surface area (Å²) in [5, 5.41) is 2.83. The third-order valence-corrected chi connectivity index (χ3v) is 3.56. The SMILES string of the molecule is CC(CN1CCNC(=O)CC1)C(=O)OCc1ccccc1. The molecule has 1 atom stereocenters. The van der Waals surface area contributed by atoms with Crippen LogP contribution in [0.4, 0.5) is 0 Å². The van der Waals surface area contributed by atoms with Crippen molar-refractivity contribution in [2.75, 3.05) is 26.2 Å². The number of esters is 1. The molecule has 1 saturated heterocycles. The first kappa shape index (κ1) is 15.5. The zero-order chi connectivity index (χ0) is 15.1. The van der Waals surface area contributed by atoms with E-state index in [1.807, 2.05) is 37.3 Å². The zero-order valence-electron chi connectivity index (χ0n) is 12.4. The Kier molecular flexibility index (Phi) is 5.75. The van der Waals surface area contributed by atoms with Crippen LogP contribution in [0.25, 0.3) is 0 Å². The van der Waals surface area contributed by atoms with Gasteiger partial charge in [-0.05, 0) is 5.56 Å². The number of nitrogens with zero attached hydrogens (tertiary/aromatic N) is 1. The molecular formula is C16H22N2O3. The van der Waals surface area contributed by atoms with Gasteiger partial charge in [0.2, 0.25) is 5.91 Å². The van der Waals surface area contributed by atoms with Gasteiger partial charge in [0.15, 0.2) is 0 Å². The molecule has 114 valence electrons. The third-order valence-electron chi connectivity index (χ3n) is 3.56. The monoisotopic (exact) mass is 290 g/mol. The van der Waals surface area contributed by atoms with Crippen LogP contribution in [0.3, 0.4) is 0 Å². The second kappa shape index (κ2) is 7.78. The van der Waals surface area contributed by atoms with Gasteiger partial charge in [-0.1, -0.05) is 37.3 Å². The Labute approximate surface area is 125 Å². The number of nitrogens with one attached hydrogen (secondary N) is 1. The zero-order valence-corrected chi connectivity index (χ0v) is 12.4. The molecule has 1 N–H and O–H groups in total. The van der Waals surface area contributed by atoms with E-state index in [1.54, 1.807) is 0 Å². The lowest BCUT2D eigenvalue weighted by Crippen LogP contribution is -2.35. The van der Waals surface area contributed by atoms with Gasteiger partial charge in [-0.15, -0.1) is 0 Å². The van der Waals surface area contributed by atoms with E-state index in [0.717, 1.165) is 12.1 Å². The molecule has 1 fully saturated rings. The number of amides is 1. The predicted molar refractivity (Wildman–Crippen MR) is 79.5 cm³/mol. The maximum Gasteiger partial charge on any atom is 0.310 e. The van der Waals surface area contributed by atoms with E-state index in [1.165, 1.54) is 0 Å². The van der Waals surface area contributed by atoms with Crippen molar-refractivity contribution in [3.8, 4) is 0 Å². The van der Waals surface area contributed by atoms with Gasteiger partial charge in [0, 0.05) is 32.6 Å². The van der Waals surface area contributed by atoms with Crippen LogP contribution in [-0.2, 0) is 20.9 Å². The normalized spacial score (nSPS) is 17.7. The standard InChI is InChI=1S/C16H22N2O3/c1-13(11-18-9-7-15(19)17-8-10-18)16(20)21-12-14-5-3-2-4-6-14/h2-6,13H,7-12H2,1H3,(H,17,19). The van der Waals surface area contributed by atoms with Gasteiger partial charge in [0.25, 0.3) is 0 Å². The van der Waals surface area contributed by atoms with Gasteiger partial charge in [-0.3, -0.25) is 9.59 Å². The van der Waals surface area contributed by atoms with Crippen molar-refractivity contribution < 1.29 is 14.3 Å². The third kappa shape index (κ3) is 5.19. The first-order valence-corrected chi connectivity index (χ1v) is 7.35. The average Bonchev–Trinajstić information content (AvgIpc) is 2.70. The second-order valence-corrected chi connectivity index (χ2v) is 5.39. The van der Waals surface area contributed by atoms with Crippen molar-refractivity contribution in [2.45, 2.75) is 20.0 Å². The van der Waals surface area contributed by atoms with E-state index in [9.17, 15) is 9.59 Å². The molecule has 5 nitrogen and oxygen atoms in total. The number of carbonyl (C=O) groups excluding carboxylic acids is 2. The largest absolute Gasteiger partial charge is 0.461 e. The molecule has 0 bridgehead atoms. The van der Waals surface area contributed by atoms with Crippen molar-refractivity contribution in [1.29, 1.82) is 0 Å². The van der Waals surface area contributed by atoms with Gasteiger partial charge >= 0.3 is 5.97 Å². The highest BCUT2D eigenvalue weighted by molar-refractivity contribution is 5.76. The van der Waals surface area contributed by atoms with Crippen LogP contribution in [0, 0.1) is 5.92 Å². The maximum absolute atomic E-state index is 12.0. The summed E-state index contributed by atoms with van der Waals surface area (Å²) in [7, 11) is 0. The fourth-order valence-electron chi connectivity index (χ4n) is 2.33. The van der Waals surface area contributed by atoms with Gasteiger partial charge in [-0.2, -0.15) is 0 Å². The summed E-state index contributed by atoms with van der Waals surface area (Å²) in [5.41, 5.74) is 0.989. The number of hydrogen-bond acceptors (Lipinski definition) is 4. The van der Waals surface area contributed by atoms with Gasteiger partial charge in [0.1, 0.15) is 6.61 Å². The summed E-state index contributed by atoms with van der Waals surface area (Å²) >= 11 is 0. The van der Waals surface area contributed by atoms with E-state index in [4.69, 9.17) is 4.74 Å². The number of ether oxygens (including phenoxy) is 1. The van der Waals surface area contributed by atoms with Crippen molar-refractivity contribution in [3.05, 3.63) is 35.9 Å². The van der Waals surface area contributed by atoms with Crippen LogP contribution < -0.4 is 5.32 Å². The summed E-state index contributed by atoms with van der Waals surface area (Å²) < 4.78 is 5.34. The summed E-state index contributed by atoms with van der Waals surface area (Å²) in [6.07, 6.45) is 0.492. The highest BCUT2D eigenvalue weighted by Gasteiger charge is 2.20. The number of rotatable bonds is 5. The molecule has 21 heavy (non-hydrogen) atoms. The number of carbonyl (C=O) groups is 2. The van der Waals surface area contributed by atoms with E-state index in [-0.39, 0.29) is 17.8 Å². The highest BCUT2D eigenvalue weighted by atomic mass is 16.5. The Morgan fingerprint density at radius 2 is 2.10 bits per heavy atom. The fourth-order valence-corrected chi connectivity index (χ4v) is 2.33. The minimum Gasteiger partial charge on any atom is -0.461 e. The van der Waals surface area contributed by atoms with Crippen LogP contribution in [0.15, 0.2) is 30.3 Å². The Morgan fingerprint density at radius 1 is 1.33 bits per heavy atom. The number of benzene rings is 1.